The maximum atomic E-state index is 9.00. The number of carbonyl (C=O) groups is 1. The molecule has 0 radical (unpaired) electrons. The molecule has 0 bridgehead atoms. The highest BCUT2D eigenvalue weighted by molar-refractivity contribution is 5.62. The van der Waals surface area contributed by atoms with Crippen LogP contribution in [0.3, 0.4) is 0 Å². The maximum Gasteiger partial charge on any atom is 0.300 e. The van der Waals surface area contributed by atoms with Crippen LogP contribution in [-0.2, 0) is 4.79 Å². The second-order valence-electron chi connectivity index (χ2n) is 2.57. The molecule has 0 spiro atoms. The molecule has 1 heterocycles. The van der Waals surface area contributed by atoms with E-state index in [1.807, 2.05) is 0 Å². The number of piperazine rings is 1. The lowest BCUT2D eigenvalue weighted by molar-refractivity contribution is -0.134. The number of nitrogens with one attached hydrogen (secondary N) is 1. The Morgan fingerprint density at radius 1 is 1.45 bits per heavy atom. The minimum Gasteiger partial charge on any atom is -0.481 e. The van der Waals surface area contributed by atoms with Crippen molar-refractivity contribution in [2.75, 3.05) is 33.2 Å². The van der Waals surface area contributed by atoms with Gasteiger partial charge in [-0.1, -0.05) is 0 Å². The van der Waals surface area contributed by atoms with Gasteiger partial charge in [-0.2, -0.15) is 0 Å². The Balaban J connectivity index is 0.000000218. The van der Waals surface area contributed by atoms with Gasteiger partial charge in [0, 0.05) is 33.1 Å². The molecule has 0 aromatic carbocycles. The zero-order chi connectivity index (χ0) is 8.69. The van der Waals surface area contributed by atoms with E-state index in [-0.39, 0.29) is 0 Å². The van der Waals surface area contributed by atoms with Crippen molar-refractivity contribution in [1.82, 2.24) is 10.2 Å². The Kier molecular flexibility index (Phi) is 5.78. The summed E-state index contributed by atoms with van der Waals surface area (Å²) in [6.45, 7) is 5.83. The van der Waals surface area contributed by atoms with Crippen molar-refractivity contribution in [3.05, 3.63) is 0 Å². The highest BCUT2D eigenvalue weighted by Crippen LogP contribution is 1.82. The van der Waals surface area contributed by atoms with Crippen LogP contribution in [-0.4, -0.2) is 49.2 Å². The first-order valence-corrected chi connectivity index (χ1v) is 3.71. The van der Waals surface area contributed by atoms with Gasteiger partial charge in [-0.05, 0) is 7.05 Å². The zero-order valence-corrected chi connectivity index (χ0v) is 7.13. The fraction of sp³-hybridized carbons (Fsp3) is 0.857. The molecular weight excluding hydrogens is 146 g/mol. The van der Waals surface area contributed by atoms with Crippen molar-refractivity contribution in [1.29, 1.82) is 0 Å². The van der Waals surface area contributed by atoms with Gasteiger partial charge in [0.15, 0.2) is 0 Å². The fourth-order valence-electron chi connectivity index (χ4n) is 0.777. The van der Waals surface area contributed by atoms with Crippen LogP contribution in [0, 0.1) is 0 Å². The van der Waals surface area contributed by atoms with Crippen LogP contribution >= 0.6 is 0 Å². The van der Waals surface area contributed by atoms with Gasteiger partial charge < -0.3 is 15.3 Å². The molecule has 0 aromatic rings. The minimum atomic E-state index is -0.833. The van der Waals surface area contributed by atoms with Crippen molar-refractivity contribution in [3.8, 4) is 0 Å². The molecule has 0 atom stereocenters. The molecule has 1 saturated heterocycles. The summed E-state index contributed by atoms with van der Waals surface area (Å²) in [6.07, 6.45) is 0. The number of hydrogen-bond acceptors (Lipinski definition) is 3. The van der Waals surface area contributed by atoms with E-state index < -0.39 is 5.97 Å². The fourth-order valence-corrected chi connectivity index (χ4v) is 0.777. The van der Waals surface area contributed by atoms with E-state index in [4.69, 9.17) is 9.90 Å². The van der Waals surface area contributed by atoms with Crippen molar-refractivity contribution in [3.63, 3.8) is 0 Å². The third-order valence-electron chi connectivity index (χ3n) is 1.34. The molecule has 0 aliphatic carbocycles. The number of rotatable bonds is 0. The van der Waals surface area contributed by atoms with E-state index in [0.717, 1.165) is 20.0 Å². The lowest BCUT2D eigenvalue weighted by Gasteiger charge is -2.21. The molecule has 1 aliphatic heterocycles. The predicted molar refractivity (Wildman–Crippen MR) is 43.7 cm³/mol. The molecule has 0 aromatic heterocycles. The number of aliphatic carboxylic acids is 1. The third-order valence-corrected chi connectivity index (χ3v) is 1.34. The van der Waals surface area contributed by atoms with Crippen LogP contribution in [0.5, 0.6) is 0 Å². The summed E-state index contributed by atoms with van der Waals surface area (Å²) in [4.78, 5) is 11.3. The van der Waals surface area contributed by atoms with Gasteiger partial charge in [-0.15, -0.1) is 0 Å². The summed E-state index contributed by atoms with van der Waals surface area (Å²) in [6, 6.07) is 0. The number of likely N-dealkylation sites (N-methyl/N-ethyl adjacent to an activating group) is 1. The molecule has 11 heavy (non-hydrogen) atoms. The molecular formula is C7H16N2O2. The second kappa shape index (κ2) is 6.12. The largest absolute Gasteiger partial charge is 0.481 e. The molecule has 4 nitrogen and oxygen atoms in total. The Hall–Kier alpha value is -0.610. The highest BCUT2D eigenvalue weighted by Gasteiger charge is 2.01. The standard InChI is InChI=1S/C5H12N2.C2H4O2/c1-7-4-2-6-3-5-7;1-2(3)4/h6H,2-5H2,1H3;1H3,(H,3,4)/i;1+1,2+1. The van der Waals surface area contributed by atoms with Gasteiger partial charge in [-0.25, -0.2) is 0 Å². The molecule has 1 aliphatic rings. The Labute approximate surface area is 67.2 Å². The average Bonchev–Trinajstić information content (AvgIpc) is 1.87. The molecule has 4 heteroatoms. The normalized spacial score (nSPS) is 18.4. The van der Waals surface area contributed by atoms with E-state index in [0.29, 0.717) is 0 Å². The molecule has 0 saturated carbocycles. The zero-order valence-electron chi connectivity index (χ0n) is 7.13. The Morgan fingerprint density at radius 2 is 1.82 bits per heavy atom. The second-order valence-corrected chi connectivity index (χ2v) is 2.57. The van der Waals surface area contributed by atoms with Gasteiger partial charge in [0.1, 0.15) is 0 Å². The predicted octanol–water partition coefficient (Wildman–Crippen LogP) is -0.388. The molecule has 2 N–H and O–H groups in total. The topological polar surface area (TPSA) is 52.6 Å². The van der Waals surface area contributed by atoms with Gasteiger partial charge in [0.2, 0.25) is 0 Å². The SMILES string of the molecule is CN1CCNCC1.[13CH3][13C](=O)O. The lowest BCUT2D eigenvalue weighted by atomic mass is 10.4. The summed E-state index contributed by atoms with van der Waals surface area (Å²) in [7, 11) is 2.15. The summed E-state index contributed by atoms with van der Waals surface area (Å²) in [5, 5.41) is 10.7. The average molecular weight is 162 g/mol. The van der Waals surface area contributed by atoms with Crippen LogP contribution in [0.4, 0.5) is 0 Å². The van der Waals surface area contributed by atoms with E-state index in [9.17, 15) is 0 Å². The van der Waals surface area contributed by atoms with Crippen LogP contribution in [0.2, 0.25) is 0 Å². The molecule has 0 amide bonds. The van der Waals surface area contributed by atoms with Crippen molar-refractivity contribution >= 4 is 5.97 Å². The van der Waals surface area contributed by atoms with Crippen LogP contribution in [0.25, 0.3) is 0 Å². The van der Waals surface area contributed by atoms with Gasteiger partial charge in [-0.3, -0.25) is 4.79 Å². The lowest BCUT2D eigenvalue weighted by Crippen LogP contribution is -2.40. The first kappa shape index (κ1) is 10.4. The van der Waals surface area contributed by atoms with E-state index in [2.05, 4.69) is 17.3 Å². The molecule has 0 unspecified atom stereocenters. The first-order valence-electron chi connectivity index (χ1n) is 3.71. The summed E-state index contributed by atoms with van der Waals surface area (Å²) >= 11 is 0. The van der Waals surface area contributed by atoms with Crippen LogP contribution in [0.15, 0.2) is 0 Å². The smallest absolute Gasteiger partial charge is 0.300 e. The summed E-state index contributed by atoms with van der Waals surface area (Å²) in [5.74, 6) is -0.833. The Morgan fingerprint density at radius 3 is 2.00 bits per heavy atom. The monoisotopic (exact) mass is 162 g/mol. The highest BCUT2D eigenvalue weighted by atomic mass is 16.5. The van der Waals surface area contributed by atoms with Crippen LogP contribution < -0.4 is 5.32 Å². The molecule has 1 fully saturated rings. The van der Waals surface area contributed by atoms with Crippen molar-refractivity contribution in [2.24, 2.45) is 0 Å². The van der Waals surface area contributed by atoms with Gasteiger partial charge >= 0.3 is 0 Å². The Bertz CT molecular complexity index is 107. The summed E-state index contributed by atoms with van der Waals surface area (Å²) in [5.41, 5.74) is 0. The van der Waals surface area contributed by atoms with E-state index in [1.165, 1.54) is 13.1 Å². The van der Waals surface area contributed by atoms with Crippen molar-refractivity contribution in [2.45, 2.75) is 6.92 Å². The number of nitrogens with zero attached hydrogens (tertiary/aromatic N) is 1. The van der Waals surface area contributed by atoms with Gasteiger partial charge in [0.25, 0.3) is 5.97 Å². The quantitative estimate of drug-likeness (QED) is 0.476. The number of hydrogen-bond donors (Lipinski definition) is 2. The van der Waals surface area contributed by atoms with Crippen LogP contribution in [0.1, 0.15) is 6.92 Å². The minimum absolute atomic E-state index is 0.833. The number of carboxylic acids is 1. The maximum absolute atomic E-state index is 9.00. The molecule has 1 rings (SSSR count). The van der Waals surface area contributed by atoms with Crippen molar-refractivity contribution < 1.29 is 9.90 Å². The van der Waals surface area contributed by atoms with E-state index in [1.54, 1.807) is 0 Å². The first-order chi connectivity index (χ1) is 5.13. The molecule has 66 valence electrons. The third kappa shape index (κ3) is 9.39. The summed E-state index contributed by atoms with van der Waals surface area (Å²) < 4.78 is 0. The van der Waals surface area contributed by atoms with E-state index >= 15 is 0 Å². The van der Waals surface area contributed by atoms with Gasteiger partial charge in [0.05, 0.1) is 0 Å². The number of carboxylic acid groups (broad SMARTS) is 1.